The summed E-state index contributed by atoms with van der Waals surface area (Å²) in [5.74, 6) is 0.978. The SMILES string of the molecule is CC(C)COC(=O)N(C)Cc1ncn[nH]1. The highest BCUT2D eigenvalue weighted by atomic mass is 16.6. The maximum absolute atomic E-state index is 11.4. The van der Waals surface area contributed by atoms with Gasteiger partial charge in [-0.25, -0.2) is 9.78 Å². The molecule has 1 heterocycles. The van der Waals surface area contributed by atoms with Crippen molar-refractivity contribution in [3.8, 4) is 0 Å². The molecule has 0 atom stereocenters. The van der Waals surface area contributed by atoms with Crippen LogP contribution in [0, 0.1) is 5.92 Å². The highest BCUT2D eigenvalue weighted by molar-refractivity contribution is 5.67. The van der Waals surface area contributed by atoms with E-state index in [1.165, 1.54) is 11.2 Å². The Morgan fingerprint density at radius 3 is 2.93 bits per heavy atom. The fraction of sp³-hybridized carbons (Fsp3) is 0.667. The van der Waals surface area contributed by atoms with Crippen LogP contribution in [-0.4, -0.2) is 39.8 Å². The summed E-state index contributed by atoms with van der Waals surface area (Å²) in [5, 5.41) is 6.37. The molecule has 6 nitrogen and oxygen atoms in total. The predicted octanol–water partition coefficient (Wildman–Crippen LogP) is 1.03. The molecule has 0 unspecified atom stereocenters. The largest absolute Gasteiger partial charge is 0.449 e. The number of aromatic amines is 1. The maximum Gasteiger partial charge on any atom is 0.409 e. The molecule has 0 aliphatic heterocycles. The zero-order valence-electron chi connectivity index (χ0n) is 9.23. The average molecular weight is 212 g/mol. The summed E-state index contributed by atoms with van der Waals surface area (Å²) in [5.41, 5.74) is 0. The molecule has 0 bridgehead atoms. The average Bonchev–Trinajstić information content (AvgIpc) is 2.66. The minimum Gasteiger partial charge on any atom is -0.449 e. The number of rotatable bonds is 4. The highest BCUT2D eigenvalue weighted by Crippen LogP contribution is 2.00. The molecule has 0 fully saturated rings. The van der Waals surface area contributed by atoms with Crippen LogP contribution in [0.4, 0.5) is 4.79 Å². The minimum atomic E-state index is -0.347. The van der Waals surface area contributed by atoms with Gasteiger partial charge in [0.05, 0.1) is 13.2 Å². The summed E-state index contributed by atoms with van der Waals surface area (Å²) in [6, 6.07) is 0. The van der Waals surface area contributed by atoms with E-state index in [1.54, 1.807) is 7.05 Å². The zero-order chi connectivity index (χ0) is 11.3. The lowest BCUT2D eigenvalue weighted by Gasteiger charge is -2.16. The molecule has 0 saturated carbocycles. The van der Waals surface area contributed by atoms with Gasteiger partial charge in [-0.15, -0.1) is 0 Å². The number of H-pyrrole nitrogens is 1. The summed E-state index contributed by atoms with van der Waals surface area (Å²) in [6.07, 6.45) is 1.06. The molecule has 0 saturated heterocycles. The van der Waals surface area contributed by atoms with E-state index in [2.05, 4.69) is 15.2 Å². The Hall–Kier alpha value is -1.59. The van der Waals surface area contributed by atoms with E-state index in [1.807, 2.05) is 13.8 Å². The number of hydrogen-bond donors (Lipinski definition) is 1. The van der Waals surface area contributed by atoms with E-state index in [9.17, 15) is 4.79 Å². The topological polar surface area (TPSA) is 71.1 Å². The van der Waals surface area contributed by atoms with Crippen molar-refractivity contribution in [2.24, 2.45) is 5.92 Å². The summed E-state index contributed by atoms with van der Waals surface area (Å²) >= 11 is 0. The van der Waals surface area contributed by atoms with Gasteiger partial charge in [-0.2, -0.15) is 5.10 Å². The Bertz CT molecular complexity index is 297. The monoisotopic (exact) mass is 212 g/mol. The number of amides is 1. The molecule has 84 valence electrons. The van der Waals surface area contributed by atoms with E-state index in [0.29, 0.717) is 24.9 Å². The number of ether oxygens (including phenoxy) is 1. The van der Waals surface area contributed by atoms with Crippen LogP contribution in [0.5, 0.6) is 0 Å². The number of hydrogen-bond acceptors (Lipinski definition) is 4. The van der Waals surface area contributed by atoms with Crippen LogP contribution in [0.15, 0.2) is 6.33 Å². The minimum absolute atomic E-state index is 0.340. The fourth-order valence-corrected chi connectivity index (χ4v) is 0.944. The van der Waals surface area contributed by atoms with Crippen molar-refractivity contribution in [2.45, 2.75) is 20.4 Å². The normalized spacial score (nSPS) is 10.4. The molecule has 0 aliphatic rings. The Morgan fingerprint density at radius 1 is 1.67 bits per heavy atom. The van der Waals surface area contributed by atoms with Gasteiger partial charge in [-0.1, -0.05) is 13.8 Å². The molecular formula is C9H16N4O2. The molecule has 1 N–H and O–H groups in total. The van der Waals surface area contributed by atoms with E-state index in [4.69, 9.17) is 4.74 Å². The van der Waals surface area contributed by atoms with Gasteiger partial charge in [-0.05, 0) is 5.92 Å². The Morgan fingerprint density at radius 2 is 2.40 bits per heavy atom. The lowest BCUT2D eigenvalue weighted by Crippen LogP contribution is -2.28. The summed E-state index contributed by atoms with van der Waals surface area (Å²) < 4.78 is 5.04. The maximum atomic E-state index is 11.4. The van der Waals surface area contributed by atoms with Gasteiger partial charge in [0.25, 0.3) is 0 Å². The standard InChI is InChI=1S/C9H16N4O2/c1-7(2)5-15-9(14)13(3)4-8-10-6-11-12-8/h6-7H,4-5H2,1-3H3,(H,10,11,12). The van der Waals surface area contributed by atoms with Crippen molar-refractivity contribution in [1.82, 2.24) is 20.1 Å². The summed E-state index contributed by atoms with van der Waals surface area (Å²) in [6.45, 7) is 4.78. The number of nitrogens with one attached hydrogen (secondary N) is 1. The number of nitrogens with zero attached hydrogens (tertiary/aromatic N) is 3. The van der Waals surface area contributed by atoms with Gasteiger partial charge in [-0.3, -0.25) is 5.10 Å². The Kier molecular flexibility index (Phi) is 4.08. The first kappa shape index (κ1) is 11.5. The van der Waals surface area contributed by atoms with Gasteiger partial charge >= 0.3 is 6.09 Å². The van der Waals surface area contributed by atoms with E-state index < -0.39 is 0 Å². The number of aromatic nitrogens is 3. The molecule has 0 aromatic carbocycles. The summed E-state index contributed by atoms with van der Waals surface area (Å²) in [4.78, 5) is 16.8. The smallest absolute Gasteiger partial charge is 0.409 e. The lowest BCUT2D eigenvalue weighted by molar-refractivity contribution is 0.0973. The first-order valence-corrected chi connectivity index (χ1v) is 4.81. The van der Waals surface area contributed by atoms with E-state index in [0.717, 1.165) is 0 Å². The molecule has 1 aromatic rings. The van der Waals surface area contributed by atoms with Crippen LogP contribution < -0.4 is 0 Å². The van der Waals surface area contributed by atoms with Crippen molar-refractivity contribution >= 4 is 6.09 Å². The van der Waals surface area contributed by atoms with Crippen LogP contribution in [-0.2, 0) is 11.3 Å². The molecule has 0 radical (unpaired) electrons. The fourth-order valence-electron chi connectivity index (χ4n) is 0.944. The molecule has 15 heavy (non-hydrogen) atoms. The molecule has 1 amide bonds. The molecule has 0 spiro atoms. The van der Waals surface area contributed by atoms with Gasteiger partial charge in [0, 0.05) is 7.05 Å². The molecule has 6 heteroatoms. The number of carbonyl (C=O) groups is 1. The van der Waals surface area contributed by atoms with Gasteiger partial charge in [0.2, 0.25) is 0 Å². The second kappa shape index (κ2) is 5.33. The van der Waals surface area contributed by atoms with Crippen LogP contribution in [0.3, 0.4) is 0 Å². The van der Waals surface area contributed by atoms with Crippen molar-refractivity contribution in [2.75, 3.05) is 13.7 Å². The van der Waals surface area contributed by atoms with Crippen molar-refractivity contribution in [3.63, 3.8) is 0 Å². The third-order valence-electron chi connectivity index (χ3n) is 1.70. The first-order valence-electron chi connectivity index (χ1n) is 4.81. The Balaban J connectivity index is 2.33. The van der Waals surface area contributed by atoms with Gasteiger partial charge in [0.15, 0.2) is 0 Å². The van der Waals surface area contributed by atoms with E-state index >= 15 is 0 Å². The van der Waals surface area contributed by atoms with E-state index in [-0.39, 0.29) is 6.09 Å². The zero-order valence-corrected chi connectivity index (χ0v) is 9.23. The quantitative estimate of drug-likeness (QED) is 0.809. The molecule has 0 aliphatic carbocycles. The second-order valence-electron chi connectivity index (χ2n) is 3.76. The second-order valence-corrected chi connectivity index (χ2v) is 3.76. The molecule has 1 rings (SSSR count). The van der Waals surface area contributed by atoms with Crippen molar-refractivity contribution < 1.29 is 9.53 Å². The highest BCUT2D eigenvalue weighted by Gasteiger charge is 2.12. The van der Waals surface area contributed by atoms with Crippen LogP contribution in [0.1, 0.15) is 19.7 Å². The predicted molar refractivity (Wildman–Crippen MR) is 54.0 cm³/mol. The van der Waals surface area contributed by atoms with Gasteiger partial charge < -0.3 is 9.64 Å². The van der Waals surface area contributed by atoms with Crippen LogP contribution in [0.25, 0.3) is 0 Å². The first-order chi connectivity index (χ1) is 7.09. The van der Waals surface area contributed by atoms with Crippen molar-refractivity contribution in [1.29, 1.82) is 0 Å². The molecule has 1 aromatic heterocycles. The lowest BCUT2D eigenvalue weighted by atomic mass is 10.2. The van der Waals surface area contributed by atoms with Crippen LogP contribution in [0.2, 0.25) is 0 Å². The molecular weight excluding hydrogens is 196 g/mol. The third-order valence-corrected chi connectivity index (χ3v) is 1.70. The Labute approximate surface area is 88.6 Å². The van der Waals surface area contributed by atoms with Crippen LogP contribution >= 0.6 is 0 Å². The summed E-state index contributed by atoms with van der Waals surface area (Å²) in [7, 11) is 1.66. The third kappa shape index (κ3) is 3.97. The van der Waals surface area contributed by atoms with Gasteiger partial charge in [0.1, 0.15) is 12.2 Å². The van der Waals surface area contributed by atoms with Crippen molar-refractivity contribution in [3.05, 3.63) is 12.2 Å². The number of carbonyl (C=O) groups excluding carboxylic acids is 1.